The number of amides is 2. The van der Waals surface area contributed by atoms with E-state index in [9.17, 15) is 14.4 Å². The molecule has 41 heavy (non-hydrogen) atoms. The number of esters is 1. The fraction of sp³-hybridized carbons (Fsp3) is 0.312. The van der Waals surface area contributed by atoms with Gasteiger partial charge in [0.1, 0.15) is 0 Å². The second kappa shape index (κ2) is 13.0. The van der Waals surface area contributed by atoms with Crippen molar-refractivity contribution < 1.29 is 23.9 Å². The molecule has 1 N–H and O–H groups in total. The average molecular weight is 574 g/mol. The first kappa shape index (κ1) is 28.4. The van der Waals surface area contributed by atoms with Crippen molar-refractivity contribution in [2.24, 2.45) is 11.0 Å². The van der Waals surface area contributed by atoms with Crippen molar-refractivity contribution in [2.75, 3.05) is 13.7 Å². The monoisotopic (exact) mass is 573 g/mol. The minimum atomic E-state index is -0.392. The lowest BCUT2D eigenvalue weighted by Crippen LogP contribution is -2.36. The molecule has 1 unspecified atom stereocenters. The van der Waals surface area contributed by atoms with E-state index in [2.05, 4.69) is 10.4 Å². The van der Waals surface area contributed by atoms with E-state index in [1.54, 1.807) is 24.3 Å². The average Bonchev–Trinajstić information content (AvgIpc) is 3.53. The van der Waals surface area contributed by atoms with Crippen LogP contribution in [0.15, 0.2) is 77.9 Å². The van der Waals surface area contributed by atoms with E-state index in [0.29, 0.717) is 28.6 Å². The maximum atomic E-state index is 13.5. The molecule has 8 nitrogen and oxygen atoms in total. The Hall–Kier alpha value is -4.17. The molecule has 2 aliphatic rings. The van der Waals surface area contributed by atoms with Crippen molar-refractivity contribution in [3.63, 3.8) is 0 Å². The van der Waals surface area contributed by atoms with Crippen LogP contribution in [0.4, 0.5) is 0 Å². The smallest absolute Gasteiger partial charge is 0.337 e. The lowest BCUT2D eigenvalue weighted by Gasteiger charge is -2.25. The van der Waals surface area contributed by atoms with Crippen molar-refractivity contribution in [3.05, 3.63) is 106 Å². The quantitative estimate of drug-likeness (QED) is 0.344. The summed E-state index contributed by atoms with van der Waals surface area (Å²) in [7, 11) is 1.35. The number of nitrogens with one attached hydrogen (secondary N) is 1. The summed E-state index contributed by atoms with van der Waals surface area (Å²) in [4.78, 5) is 37.7. The number of rotatable bonds is 9. The Balaban J connectivity index is 1.28. The Morgan fingerprint density at radius 1 is 1.02 bits per heavy atom. The third-order valence-electron chi connectivity index (χ3n) is 7.60. The summed E-state index contributed by atoms with van der Waals surface area (Å²) in [5, 5.41) is 9.40. The van der Waals surface area contributed by atoms with E-state index in [-0.39, 0.29) is 36.8 Å². The van der Waals surface area contributed by atoms with Gasteiger partial charge in [-0.3, -0.25) is 9.59 Å². The van der Waals surface area contributed by atoms with Crippen LogP contribution < -0.4 is 5.32 Å². The van der Waals surface area contributed by atoms with Crippen LogP contribution in [0.5, 0.6) is 0 Å². The Morgan fingerprint density at radius 3 is 2.39 bits per heavy atom. The lowest BCUT2D eigenvalue weighted by atomic mass is 9.83. The Bertz CT molecular complexity index is 1430. The Kier molecular flexibility index (Phi) is 8.99. The molecule has 0 saturated heterocycles. The summed E-state index contributed by atoms with van der Waals surface area (Å²) < 4.78 is 10.3. The molecule has 1 saturated carbocycles. The molecule has 1 fully saturated rings. The van der Waals surface area contributed by atoms with Gasteiger partial charge in [0, 0.05) is 6.54 Å². The number of ether oxygens (including phenoxy) is 2. The number of hydrogen-bond acceptors (Lipinski definition) is 6. The van der Waals surface area contributed by atoms with Crippen molar-refractivity contribution in [1.82, 2.24) is 10.3 Å². The predicted octanol–water partition coefficient (Wildman–Crippen LogP) is 5.44. The number of benzene rings is 3. The van der Waals surface area contributed by atoms with Gasteiger partial charge in [-0.15, -0.1) is 5.10 Å². The Morgan fingerprint density at radius 2 is 1.71 bits per heavy atom. The van der Waals surface area contributed by atoms with Gasteiger partial charge < -0.3 is 14.8 Å². The van der Waals surface area contributed by atoms with Crippen LogP contribution in [0, 0.1) is 5.92 Å². The van der Waals surface area contributed by atoms with Gasteiger partial charge >= 0.3 is 5.97 Å². The summed E-state index contributed by atoms with van der Waals surface area (Å²) in [5.74, 6) is -0.338. The van der Waals surface area contributed by atoms with Crippen molar-refractivity contribution in [2.45, 2.75) is 44.7 Å². The number of hydrazone groups is 1. The van der Waals surface area contributed by atoms with E-state index in [1.165, 1.54) is 12.1 Å². The molecule has 5 rings (SSSR count). The molecule has 0 bridgehead atoms. The number of carbonyl (C=O) groups is 3. The van der Waals surface area contributed by atoms with Gasteiger partial charge in [-0.25, -0.2) is 9.80 Å². The van der Waals surface area contributed by atoms with Gasteiger partial charge in [0.2, 0.25) is 11.8 Å². The number of hydrogen-bond donors (Lipinski definition) is 1. The SMILES string of the molecule is COC(=O)c1ccc(CNC(=O)C(c2ccc(CN3N=C(c4ccccc4Cl)OCC3=O)cc2)C2CCCC2)cc1. The predicted molar refractivity (Wildman–Crippen MR) is 155 cm³/mol. The molecular formula is C32H32ClN3O5. The fourth-order valence-corrected chi connectivity index (χ4v) is 5.61. The normalized spacial score (nSPS) is 16.1. The van der Waals surface area contributed by atoms with Crippen LogP contribution >= 0.6 is 11.6 Å². The van der Waals surface area contributed by atoms with Crippen LogP contribution in [-0.2, 0) is 32.2 Å². The molecule has 2 amide bonds. The molecule has 0 radical (unpaired) electrons. The topological polar surface area (TPSA) is 97.3 Å². The minimum Gasteiger partial charge on any atom is -0.466 e. The van der Waals surface area contributed by atoms with E-state index >= 15 is 0 Å². The van der Waals surface area contributed by atoms with Crippen LogP contribution in [0.3, 0.4) is 0 Å². The Labute approximate surface area is 244 Å². The zero-order valence-electron chi connectivity index (χ0n) is 22.8. The largest absolute Gasteiger partial charge is 0.466 e. The third-order valence-corrected chi connectivity index (χ3v) is 7.93. The second-order valence-electron chi connectivity index (χ2n) is 10.3. The van der Waals surface area contributed by atoms with Crippen molar-refractivity contribution in [3.8, 4) is 0 Å². The summed E-state index contributed by atoms with van der Waals surface area (Å²) in [6.45, 7) is 0.530. The molecule has 1 atom stereocenters. The van der Waals surface area contributed by atoms with Crippen molar-refractivity contribution >= 4 is 35.3 Å². The molecule has 0 aromatic heterocycles. The van der Waals surface area contributed by atoms with Gasteiger partial charge in [-0.1, -0.05) is 73.0 Å². The summed E-state index contributed by atoms with van der Waals surface area (Å²) in [5.41, 5.74) is 3.84. The van der Waals surface area contributed by atoms with Crippen LogP contribution in [0.2, 0.25) is 5.02 Å². The second-order valence-corrected chi connectivity index (χ2v) is 10.7. The van der Waals surface area contributed by atoms with E-state index in [4.69, 9.17) is 21.1 Å². The molecule has 3 aromatic carbocycles. The first-order valence-corrected chi connectivity index (χ1v) is 14.1. The maximum Gasteiger partial charge on any atom is 0.337 e. The highest BCUT2D eigenvalue weighted by molar-refractivity contribution is 6.33. The maximum absolute atomic E-state index is 13.5. The van der Waals surface area contributed by atoms with E-state index in [1.807, 2.05) is 48.5 Å². The van der Waals surface area contributed by atoms with Crippen LogP contribution in [0.25, 0.3) is 0 Å². The molecule has 1 aliphatic carbocycles. The number of nitrogens with zero attached hydrogens (tertiary/aromatic N) is 2. The van der Waals surface area contributed by atoms with E-state index in [0.717, 1.165) is 42.4 Å². The molecule has 1 aliphatic heterocycles. The highest BCUT2D eigenvalue weighted by Gasteiger charge is 2.32. The number of halogens is 1. The highest BCUT2D eigenvalue weighted by Crippen LogP contribution is 2.38. The first-order valence-electron chi connectivity index (χ1n) is 13.7. The standard InChI is InChI=1S/C32H32ClN3O5/c1-40-32(39)25-16-10-21(11-17-25)18-34-30(38)29(23-6-2-3-7-23)24-14-12-22(13-15-24)19-36-28(37)20-41-31(35-36)26-8-4-5-9-27(26)33/h4-5,8-17,23,29H,2-3,6-7,18-20H2,1H3,(H,34,38). The van der Waals surface area contributed by atoms with Crippen LogP contribution in [0.1, 0.15) is 64.2 Å². The van der Waals surface area contributed by atoms with Gasteiger partial charge in [0.05, 0.1) is 35.7 Å². The molecule has 9 heteroatoms. The number of methoxy groups -OCH3 is 1. The summed E-state index contributed by atoms with van der Waals surface area (Å²) >= 11 is 6.29. The number of carbonyl (C=O) groups excluding carboxylic acids is 3. The van der Waals surface area contributed by atoms with Gasteiger partial charge in [-0.2, -0.15) is 0 Å². The van der Waals surface area contributed by atoms with E-state index < -0.39 is 5.97 Å². The van der Waals surface area contributed by atoms with Crippen LogP contribution in [-0.4, -0.2) is 42.4 Å². The molecule has 3 aromatic rings. The zero-order chi connectivity index (χ0) is 28.8. The summed E-state index contributed by atoms with van der Waals surface area (Å²) in [6, 6.07) is 22.1. The summed E-state index contributed by atoms with van der Waals surface area (Å²) in [6.07, 6.45) is 4.25. The molecular weight excluding hydrogens is 542 g/mol. The first-order chi connectivity index (χ1) is 19.9. The lowest BCUT2D eigenvalue weighted by molar-refractivity contribution is -0.136. The molecule has 0 spiro atoms. The third kappa shape index (κ3) is 6.77. The fourth-order valence-electron chi connectivity index (χ4n) is 5.40. The van der Waals surface area contributed by atoms with Gasteiger partial charge in [-0.05, 0) is 59.7 Å². The zero-order valence-corrected chi connectivity index (χ0v) is 23.6. The molecule has 212 valence electrons. The molecule has 1 heterocycles. The highest BCUT2D eigenvalue weighted by atomic mass is 35.5. The van der Waals surface area contributed by atoms with Gasteiger partial charge in [0.15, 0.2) is 6.61 Å². The van der Waals surface area contributed by atoms with Gasteiger partial charge in [0.25, 0.3) is 5.91 Å². The van der Waals surface area contributed by atoms with Crippen molar-refractivity contribution in [1.29, 1.82) is 0 Å². The minimum absolute atomic E-state index is 0.0148.